The van der Waals surface area contributed by atoms with Crippen LogP contribution in [0.5, 0.6) is 0 Å². The molecule has 2 heterocycles. The van der Waals surface area contributed by atoms with Gasteiger partial charge in [-0.15, -0.1) is 0 Å². The zero-order chi connectivity index (χ0) is 31.1. The molecule has 246 valence electrons. The molecule has 3 fully saturated rings. The smallest absolute Gasteiger partial charge is 0.186 e. The minimum Gasteiger partial charge on any atom is -0.394 e. The summed E-state index contributed by atoms with van der Waals surface area (Å²) in [6, 6.07) is -2.58. The molecule has 0 aromatic heterocycles. The Balaban J connectivity index is 1.85. The maximum Gasteiger partial charge on any atom is 0.186 e. The summed E-state index contributed by atoms with van der Waals surface area (Å²) in [6.45, 7) is 0.0413. The summed E-state index contributed by atoms with van der Waals surface area (Å²) >= 11 is 0. The fourth-order valence-electron chi connectivity index (χ4n) is 5.76. The summed E-state index contributed by atoms with van der Waals surface area (Å²) < 4.78 is 23.7. The number of aliphatic hydroxyl groups is 6. The number of nitrogens with one attached hydrogen (secondary N) is 1. The van der Waals surface area contributed by atoms with E-state index in [4.69, 9.17) is 47.6 Å². The molecular formula is C25H50N6O11. The quantitative estimate of drug-likeness (QED) is 0.0813. The van der Waals surface area contributed by atoms with Gasteiger partial charge in [0.1, 0.15) is 36.6 Å². The highest BCUT2D eigenvalue weighted by molar-refractivity contribution is 5.83. The third kappa shape index (κ3) is 8.39. The SMILES string of the molecule is NCCCN[C@@H]1C[C@H](O)[C@@H](CN)O[C@@H]1O[C@H]1[C@H](O)[C@@H](O[C@H]2O[C@H](CO)[C@@H](O)[C@H](N)[C@H]2O)[C@H](CC(=O)[C@@H](O)CN)C[C@@H]1N. The number of carbonyl (C=O) groups is 1. The van der Waals surface area contributed by atoms with Crippen LogP contribution in [0.4, 0.5) is 0 Å². The van der Waals surface area contributed by atoms with Gasteiger partial charge >= 0.3 is 0 Å². The van der Waals surface area contributed by atoms with E-state index in [0.717, 1.165) is 0 Å². The first-order chi connectivity index (χ1) is 20.0. The second kappa shape index (κ2) is 16.4. The van der Waals surface area contributed by atoms with Crippen molar-refractivity contribution >= 4 is 5.78 Å². The highest BCUT2D eigenvalue weighted by Gasteiger charge is 2.51. The first-order valence-electron chi connectivity index (χ1n) is 14.5. The molecule has 1 aliphatic carbocycles. The Morgan fingerprint density at radius 3 is 2.21 bits per heavy atom. The Morgan fingerprint density at radius 1 is 0.929 bits per heavy atom. The molecule has 17 N–H and O–H groups in total. The van der Waals surface area contributed by atoms with E-state index in [1.165, 1.54) is 0 Å². The predicted octanol–water partition coefficient (Wildman–Crippen LogP) is -6.75. The topological polar surface area (TPSA) is 317 Å². The third-order valence-electron chi connectivity index (χ3n) is 8.29. The standard InChI is InChI=1S/C25H50N6O11/c26-2-1-3-31-12-6-14(34)16(8-28)39-24(12)42-23-11(29)4-10(5-13(33)15(35)7-27)22(21(23)38)41-25-20(37)18(30)19(36)17(9-32)40-25/h10-12,14-25,31-32,34-38H,1-9,26-30H2/t10-,11-,12+,14-,15-,16+,17+,18-,19+,20+,21+,22-,23+,24+,25+/m0/s1. The van der Waals surface area contributed by atoms with E-state index in [9.17, 15) is 35.4 Å². The number of ether oxygens (including phenoxy) is 4. The second-order valence-corrected chi connectivity index (χ2v) is 11.3. The Hall–Kier alpha value is -0.970. The maximum absolute atomic E-state index is 12.6. The van der Waals surface area contributed by atoms with E-state index < -0.39 is 104 Å². The number of Topliss-reactive ketones (excluding diaryl/α,β-unsaturated/α-hetero) is 1. The Labute approximate surface area is 244 Å². The Kier molecular flexibility index (Phi) is 13.8. The Morgan fingerprint density at radius 2 is 1.60 bits per heavy atom. The lowest BCUT2D eigenvalue weighted by molar-refractivity contribution is -0.320. The molecule has 0 bridgehead atoms. The summed E-state index contributed by atoms with van der Waals surface area (Å²) in [4.78, 5) is 12.6. The van der Waals surface area contributed by atoms with Gasteiger partial charge in [-0.25, -0.2) is 0 Å². The molecule has 3 aliphatic rings. The molecule has 17 nitrogen and oxygen atoms in total. The van der Waals surface area contributed by atoms with Gasteiger partial charge in [0.25, 0.3) is 0 Å². The van der Waals surface area contributed by atoms with Crippen LogP contribution in [0.1, 0.15) is 25.7 Å². The molecule has 2 aliphatic heterocycles. The summed E-state index contributed by atoms with van der Waals surface area (Å²) in [6.07, 6.45) is -12.8. The summed E-state index contributed by atoms with van der Waals surface area (Å²) in [5, 5.41) is 65.8. The van der Waals surface area contributed by atoms with Crippen molar-refractivity contribution in [2.45, 2.75) is 111 Å². The predicted molar refractivity (Wildman–Crippen MR) is 146 cm³/mol. The van der Waals surface area contributed by atoms with Crippen molar-refractivity contribution in [1.82, 2.24) is 5.32 Å². The van der Waals surface area contributed by atoms with Crippen LogP contribution < -0.4 is 34.0 Å². The number of aliphatic hydroxyl groups excluding tert-OH is 6. The first kappa shape index (κ1) is 35.5. The number of nitrogens with two attached hydrogens (primary N) is 5. The molecule has 0 unspecified atom stereocenters. The minimum absolute atomic E-state index is 0.0181. The number of ketones is 1. The molecule has 0 spiro atoms. The van der Waals surface area contributed by atoms with E-state index in [1.54, 1.807) is 0 Å². The van der Waals surface area contributed by atoms with Crippen LogP contribution >= 0.6 is 0 Å². The maximum atomic E-state index is 12.6. The van der Waals surface area contributed by atoms with Crippen molar-refractivity contribution in [2.24, 2.45) is 34.6 Å². The molecule has 15 atom stereocenters. The van der Waals surface area contributed by atoms with Crippen LogP contribution in [0.2, 0.25) is 0 Å². The lowest BCUT2D eigenvalue weighted by Gasteiger charge is -2.49. The number of hydrogen-bond donors (Lipinski definition) is 12. The first-order valence-corrected chi connectivity index (χ1v) is 14.5. The molecule has 1 saturated carbocycles. The number of carbonyl (C=O) groups excluding carboxylic acids is 1. The molecule has 0 aromatic rings. The lowest BCUT2D eigenvalue weighted by Crippen LogP contribution is -2.66. The average Bonchev–Trinajstić information content (AvgIpc) is 2.97. The largest absolute Gasteiger partial charge is 0.394 e. The van der Waals surface area contributed by atoms with Crippen LogP contribution in [0.15, 0.2) is 0 Å². The highest BCUT2D eigenvalue weighted by atomic mass is 16.7. The van der Waals surface area contributed by atoms with Crippen LogP contribution in [-0.4, -0.2) is 155 Å². The van der Waals surface area contributed by atoms with Gasteiger partial charge in [-0.2, -0.15) is 0 Å². The third-order valence-corrected chi connectivity index (χ3v) is 8.29. The number of hydrogen-bond acceptors (Lipinski definition) is 17. The number of rotatable bonds is 14. The van der Waals surface area contributed by atoms with Crippen molar-refractivity contribution in [3.63, 3.8) is 0 Å². The van der Waals surface area contributed by atoms with Gasteiger partial charge in [-0.1, -0.05) is 0 Å². The lowest BCUT2D eigenvalue weighted by atomic mass is 9.76. The normalized spacial score (nSPS) is 43.7. The zero-order valence-electron chi connectivity index (χ0n) is 23.6. The van der Waals surface area contributed by atoms with E-state index >= 15 is 0 Å². The van der Waals surface area contributed by atoms with Crippen LogP contribution in [0.25, 0.3) is 0 Å². The molecule has 2 saturated heterocycles. The van der Waals surface area contributed by atoms with Crippen molar-refractivity contribution in [2.75, 3.05) is 32.8 Å². The summed E-state index contributed by atoms with van der Waals surface area (Å²) in [5.74, 6) is -1.38. The molecular weight excluding hydrogens is 560 g/mol. The van der Waals surface area contributed by atoms with E-state index in [0.29, 0.717) is 19.5 Å². The van der Waals surface area contributed by atoms with Gasteiger partial charge in [0.15, 0.2) is 18.4 Å². The van der Waals surface area contributed by atoms with Gasteiger partial charge in [-0.05, 0) is 38.3 Å². The van der Waals surface area contributed by atoms with Crippen molar-refractivity contribution < 1.29 is 54.4 Å². The van der Waals surface area contributed by atoms with Crippen molar-refractivity contribution in [3.05, 3.63) is 0 Å². The van der Waals surface area contributed by atoms with Gasteiger partial charge in [0, 0.05) is 25.6 Å². The molecule has 0 aromatic carbocycles. The fraction of sp³-hybridized carbons (Fsp3) is 0.960. The average molecular weight is 611 g/mol. The zero-order valence-corrected chi connectivity index (χ0v) is 23.6. The van der Waals surface area contributed by atoms with E-state index in [2.05, 4.69) is 5.32 Å². The molecule has 0 amide bonds. The molecule has 17 heteroatoms. The van der Waals surface area contributed by atoms with Gasteiger partial charge < -0.3 is 83.6 Å². The van der Waals surface area contributed by atoms with Gasteiger partial charge in [0.2, 0.25) is 0 Å². The van der Waals surface area contributed by atoms with Gasteiger partial charge in [0.05, 0.1) is 37.0 Å². The van der Waals surface area contributed by atoms with Crippen molar-refractivity contribution in [1.29, 1.82) is 0 Å². The van der Waals surface area contributed by atoms with E-state index in [1.807, 2.05) is 0 Å². The molecule has 3 rings (SSSR count). The van der Waals surface area contributed by atoms with Crippen LogP contribution in [-0.2, 0) is 23.7 Å². The summed E-state index contributed by atoms with van der Waals surface area (Å²) in [7, 11) is 0. The molecule has 0 radical (unpaired) electrons. The van der Waals surface area contributed by atoms with Crippen LogP contribution in [0, 0.1) is 5.92 Å². The highest BCUT2D eigenvalue weighted by Crippen LogP contribution is 2.36. The minimum atomic E-state index is -1.56. The van der Waals surface area contributed by atoms with Gasteiger partial charge in [-0.3, -0.25) is 4.79 Å². The second-order valence-electron chi connectivity index (χ2n) is 11.3. The van der Waals surface area contributed by atoms with Crippen LogP contribution in [0.3, 0.4) is 0 Å². The van der Waals surface area contributed by atoms with Crippen molar-refractivity contribution in [3.8, 4) is 0 Å². The Bertz CT molecular complexity index is 834. The van der Waals surface area contributed by atoms with E-state index in [-0.39, 0.29) is 32.4 Å². The molecule has 42 heavy (non-hydrogen) atoms. The monoisotopic (exact) mass is 610 g/mol. The summed E-state index contributed by atoms with van der Waals surface area (Å²) in [5.41, 5.74) is 29.2. The fourth-order valence-corrected chi connectivity index (χ4v) is 5.76.